The number of rotatable bonds is 9. The monoisotopic (exact) mass is 269 g/mol. The molecule has 0 aromatic rings. The molecule has 18 heavy (non-hydrogen) atoms. The van der Waals surface area contributed by atoms with Crippen molar-refractivity contribution in [2.75, 3.05) is 19.8 Å². The van der Waals surface area contributed by atoms with Crippen molar-refractivity contribution in [3.8, 4) is 0 Å². The number of hydrogen-bond acceptors (Lipinski definition) is 2. The third-order valence-corrected chi connectivity index (χ3v) is 3.03. The minimum absolute atomic E-state index is 0.189. The lowest BCUT2D eigenvalue weighted by atomic mass is 9.91. The first-order valence-electron chi connectivity index (χ1n) is 6.60. The largest absolute Gasteiger partial charge is 0.411 e. The van der Waals surface area contributed by atoms with Crippen LogP contribution in [0.5, 0.6) is 0 Å². The van der Waals surface area contributed by atoms with Crippen LogP contribution in [0.3, 0.4) is 0 Å². The van der Waals surface area contributed by atoms with E-state index in [4.69, 9.17) is 0 Å². The molecule has 2 nitrogen and oxygen atoms in total. The van der Waals surface area contributed by atoms with Gasteiger partial charge in [-0.05, 0) is 31.2 Å². The molecule has 0 heterocycles. The Kier molecular flexibility index (Phi) is 8.61. The van der Waals surface area contributed by atoms with Crippen LogP contribution < -0.4 is 5.32 Å². The van der Waals surface area contributed by atoms with Gasteiger partial charge in [-0.2, -0.15) is 13.2 Å². The fourth-order valence-electron chi connectivity index (χ4n) is 1.60. The molecule has 0 aromatic carbocycles. The molecule has 2 atom stereocenters. The highest BCUT2D eigenvalue weighted by molar-refractivity contribution is 4.66. The summed E-state index contributed by atoms with van der Waals surface area (Å²) >= 11 is 0. The summed E-state index contributed by atoms with van der Waals surface area (Å²) in [5.41, 5.74) is 0. The highest BCUT2D eigenvalue weighted by atomic mass is 19.4. The molecule has 0 amide bonds. The van der Waals surface area contributed by atoms with Gasteiger partial charge in [0.05, 0.1) is 0 Å². The van der Waals surface area contributed by atoms with E-state index in [1.165, 1.54) is 0 Å². The van der Waals surface area contributed by atoms with Crippen molar-refractivity contribution in [3.05, 3.63) is 0 Å². The third-order valence-electron chi connectivity index (χ3n) is 3.03. The smallest absolute Gasteiger partial charge is 0.372 e. The van der Waals surface area contributed by atoms with E-state index in [0.29, 0.717) is 24.3 Å². The van der Waals surface area contributed by atoms with Crippen LogP contribution in [0.4, 0.5) is 13.2 Å². The lowest BCUT2D eigenvalue weighted by molar-refractivity contribution is -0.174. The predicted octanol–water partition coefficient (Wildman–Crippen LogP) is 3.62. The van der Waals surface area contributed by atoms with Crippen LogP contribution in [-0.2, 0) is 4.74 Å². The van der Waals surface area contributed by atoms with Crippen LogP contribution in [0.2, 0.25) is 0 Å². The van der Waals surface area contributed by atoms with Gasteiger partial charge in [0.2, 0.25) is 0 Å². The third kappa shape index (κ3) is 10.8. The van der Waals surface area contributed by atoms with Crippen molar-refractivity contribution < 1.29 is 17.9 Å². The number of ether oxygens (including phenoxy) is 1. The maximum atomic E-state index is 11.8. The van der Waals surface area contributed by atoms with E-state index in [1.54, 1.807) is 0 Å². The molecule has 0 radical (unpaired) electrons. The summed E-state index contributed by atoms with van der Waals surface area (Å²) in [5, 5.41) is 3.37. The number of hydrogen-bond donors (Lipinski definition) is 1. The predicted molar refractivity (Wildman–Crippen MR) is 67.6 cm³/mol. The Morgan fingerprint density at radius 2 is 1.67 bits per heavy atom. The van der Waals surface area contributed by atoms with Crippen molar-refractivity contribution in [3.63, 3.8) is 0 Å². The Bertz CT molecular complexity index is 207. The zero-order valence-electron chi connectivity index (χ0n) is 11.8. The van der Waals surface area contributed by atoms with Gasteiger partial charge >= 0.3 is 6.18 Å². The van der Waals surface area contributed by atoms with Gasteiger partial charge in [0, 0.05) is 12.6 Å². The van der Waals surface area contributed by atoms with Gasteiger partial charge in [-0.1, -0.05) is 27.7 Å². The van der Waals surface area contributed by atoms with Crippen LogP contribution in [0.1, 0.15) is 40.5 Å². The van der Waals surface area contributed by atoms with Gasteiger partial charge in [-0.15, -0.1) is 0 Å². The topological polar surface area (TPSA) is 21.3 Å². The molecule has 0 saturated carbocycles. The highest BCUT2D eigenvalue weighted by Gasteiger charge is 2.27. The Morgan fingerprint density at radius 1 is 1.06 bits per heavy atom. The Morgan fingerprint density at radius 3 is 2.17 bits per heavy atom. The molecule has 0 aliphatic carbocycles. The molecule has 0 aliphatic heterocycles. The maximum absolute atomic E-state index is 11.8. The summed E-state index contributed by atoms with van der Waals surface area (Å²) in [7, 11) is 0. The van der Waals surface area contributed by atoms with Gasteiger partial charge < -0.3 is 10.1 Å². The molecule has 2 unspecified atom stereocenters. The summed E-state index contributed by atoms with van der Waals surface area (Å²) in [5.74, 6) is 1.01. The average Bonchev–Trinajstić information content (AvgIpc) is 2.23. The second kappa shape index (κ2) is 8.75. The Hall–Kier alpha value is -0.290. The van der Waals surface area contributed by atoms with Crippen LogP contribution in [-0.4, -0.2) is 32.0 Å². The first kappa shape index (κ1) is 17.7. The van der Waals surface area contributed by atoms with Crippen molar-refractivity contribution in [1.29, 1.82) is 0 Å². The van der Waals surface area contributed by atoms with Gasteiger partial charge in [-0.25, -0.2) is 0 Å². The SMILES string of the molecule is CC(C)NCC(C)C(C)CCCOCC(F)(F)F. The molecule has 1 N–H and O–H groups in total. The summed E-state index contributed by atoms with van der Waals surface area (Å²) < 4.78 is 40.0. The van der Waals surface area contributed by atoms with Gasteiger partial charge in [-0.3, -0.25) is 0 Å². The lowest BCUT2D eigenvalue weighted by Gasteiger charge is -2.21. The van der Waals surface area contributed by atoms with E-state index in [9.17, 15) is 13.2 Å². The summed E-state index contributed by atoms with van der Waals surface area (Å²) in [6.45, 7) is 8.50. The number of alkyl halides is 3. The zero-order chi connectivity index (χ0) is 14.2. The van der Waals surface area contributed by atoms with Crippen molar-refractivity contribution in [1.82, 2.24) is 5.32 Å². The van der Waals surface area contributed by atoms with Gasteiger partial charge in [0.15, 0.2) is 0 Å². The molecule has 0 fully saturated rings. The van der Waals surface area contributed by atoms with Gasteiger partial charge in [0.25, 0.3) is 0 Å². The first-order valence-corrected chi connectivity index (χ1v) is 6.60. The Labute approximate surface area is 108 Å². The maximum Gasteiger partial charge on any atom is 0.411 e. The molecule has 0 bridgehead atoms. The van der Waals surface area contributed by atoms with E-state index in [0.717, 1.165) is 13.0 Å². The summed E-state index contributed by atoms with van der Waals surface area (Å²) in [4.78, 5) is 0. The lowest BCUT2D eigenvalue weighted by Crippen LogP contribution is -2.30. The minimum atomic E-state index is -4.21. The molecular weight excluding hydrogens is 243 g/mol. The fraction of sp³-hybridized carbons (Fsp3) is 1.00. The molecule has 0 aromatic heterocycles. The highest BCUT2D eigenvalue weighted by Crippen LogP contribution is 2.18. The van der Waals surface area contributed by atoms with E-state index in [1.807, 2.05) is 0 Å². The van der Waals surface area contributed by atoms with E-state index in [2.05, 4.69) is 37.7 Å². The van der Waals surface area contributed by atoms with Gasteiger partial charge in [0.1, 0.15) is 6.61 Å². The van der Waals surface area contributed by atoms with Crippen molar-refractivity contribution in [2.45, 2.75) is 52.8 Å². The van der Waals surface area contributed by atoms with Crippen molar-refractivity contribution >= 4 is 0 Å². The Balaban J connectivity index is 3.54. The average molecular weight is 269 g/mol. The van der Waals surface area contributed by atoms with E-state index in [-0.39, 0.29) is 6.61 Å². The summed E-state index contributed by atoms with van der Waals surface area (Å²) in [6.07, 6.45) is -2.62. The normalized spacial score (nSPS) is 16.0. The molecule has 0 aliphatic rings. The molecular formula is C13H26F3NO. The van der Waals surface area contributed by atoms with E-state index >= 15 is 0 Å². The fourth-order valence-corrected chi connectivity index (χ4v) is 1.60. The molecule has 5 heteroatoms. The van der Waals surface area contributed by atoms with Crippen LogP contribution in [0.25, 0.3) is 0 Å². The first-order chi connectivity index (χ1) is 8.22. The number of halogens is 3. The van der Waals surface area contributed by atoms with Crippen LogP contribution in [0.15, 0.2) is 0 Å². The second-order valence-corrected chi connectivity index (χ2v) is 5.33. The summed E-state index contributed by atoms with van der Waals surface area (Å²) in [6, 6.07) is 0.467. The van der Waals surface area contributed by atoms with Crippen LogP contribution >= 0.6 is 0 Å². The standard InChI is InChI=1S/C13H26F3NO/c1-10(2)17-8-12(4)11(3)6-5-7-18-9-13(14,15)16/h10-12,17H,5-9H2,1-4H3. The quantitative estimate of drug-likeness (QED) is 0.646. The molecule has 0 spiro atoms. The number of nitrogens with one attached hydrogen (secondary N) is 1. The van der Waals surface area contributed by atoms with Crippen LogP contribution in [0, 0.1) is 11.8 Å². The zero-order valence-corrected chi connectivity index (χ0v) is 11.8. The molecule has 0 saturated heterocycles. The minimum Gasteiger partial charge on any atom is -0.372 e. The second-order valence-electron chi connectivity index (χ2n) is 5.33. The van der Waals surface area contributed by atoms with E-state index < -0.39 is 12.8 Å². The molecule has 110 valence electrons. The van der Waals surface area contributed by atoms with Crippen molar-refractivity contribution in [2.24, 2.45) is 11.8 Å². The molecule has 0 rings (SSSR count).